The SMILES string of the molecule is CN([C@@H]1[C@H]2CCO[C@H]2C1(C)C)S(=O)(=O)c1cccs1. The Morgan fingerprint density at radius 3 is 2.84 bits per heavy atom. The fourth-order valence-electron chi connectivity index (χ4n) is 3.74. The van der Waals surface area contributed by atoms with Crippen LogP contribution in [0.15, 0.2) is 21.7 Å². The second kappa shape index (κ2) is 4.28. The number of hydrogen-bond donors (Lipinski definition) is 0. The van der Waals surface area contributed by atoms with Crippen LogP contribution < -0.4 is 0 Å². The highest BCUT2D eigenvalue weighted by Crippen LogP contribution is 2.55. The third kappa shape index (κ3) is 1.81. The van der Waals surface area contributed by atoms with Gasteiger partial charge in [0, 0.05) is 31.0 Å². The topological polar surface area (TPSA) is 46.6 Å². The van der Waals surface area contributed by atoms with Gasteiger partial charge in [0.25, 0.3) is 10.0 Å². The molecule has 0 amide bonds. The summed E-state index contributed by atoms with van der Waals surface area (Å²) in [6.07, 6.45) is 1.17. The lowest BCUT2D eigenvalue weighted by Gasteiger charge is -2.57. The van der Waals surface area contributed by atoms with Gasteiger partial charge in [-0.05, 0) is 17.9 Å². The van der Waals surface area contributed by atoms with Crippen LogP contribution in [0.1, 0.15) is 20.3 Å². The van der Waals surface area contributed by atoms with E-state index >= 15 is 0 Å². The summed E-state index contributed by atoms with van der Waals surface area (Å²) < 4.78 is 32.9. The predicted molar refractivity (Wildman–Crippen MR) is 74.7 cm³/mol. The molecule has 1 saturated carbocycles. The molecule has 1 aliphatic heterocycles. The zero-order valence-corrected chi connectivity index (χ0v) is 13.0. The molecule has 1 aromatic rings. The van der Waals surface area contributed by atoms with Crippen LogP contribution in [-0.4, -0.2) is 38.5 Å². The molecular formula is C13H19NO3S2. The maximum absolute atomic E-state index is 12.6. The van der Waals surface area contributed by atoms with Crippen LogP contribution in [0.2, 0.25) is 0 Å². The van der Waals surface area contributed by atoms with Gasteiger partial charge in [-0.2, -0.15) is 4.31 Å². The van der Waals surface area contributed by atoms with E-state index in [1.54, 1.807) is 28.9 Å². The normalized spacial score (nSPS) is 33.2. The van der Waals surface area contributed by atoms with Gasteiger partial charge in [0.05, 0.1) is 6.10 Å². The summed E-state index contributed by atoms with van der Waals surface area (Å²) >= 11 is 1.27. The maximum Gasteiger partial charge on any atom is 0.252 e. The van der Waals surface area contributed by atoms with Crippen molar-refractivity contribution in [3.8, 4) is 0 Å². The van der Waals surface area contributed by atoms with E-state index in [0.29, 0.717) is 10.1 Å². The van der Waals surface area contributed by atoms with Gasteiger partial charge >= 0.3 is 0 Å². The van der Waals surface area contributed by atoms with Crippen molar-refractivity contribution < 1.29 is 13.2 Å². The molecule has 1 aliphatic carbocycles. The summed E-state index contributed by atoms with van der Waals surface area (Å²) in [4.78, 5) is 0. The van der Waals surface area contributed by atoms with Crippen LogP contribution in [0.3, 0.4) is 0 Å². The lowest BCUT2D eigenvalue weighted by atomic mass is 9.57. The minimum Gasteiger partial charge on any atom is -0.377 e. The quantitative estimate of drug-likeness (QED) is 0.859. The Labute approximate surface area is 118 Å². The van der Waals surface area contributed by atoms with E-state index in [4.69, 9.17) is 4.74 Å². The molecule has 2 aliphatic rings. The Bertz CT molecular complexity index is 565. The second-order valence-electron chi connectivity index (χ2n) is 5.96. The molecule has 0 bridgehead atoms. The third-order valence-electron chi connectivity index (χ3n) is 4.56. The van der Waals surface area contributed by atoms with Crippen molar-refractivity contribution in [1.82, 2.24) is 4.31 Å². The van der Waals surface area contributed by atoms with E-state index < -0.39 is 10.0 Å². The lowest BCUT2D eigenvalue weighted by Crippen LogP contribution is -2.66. The molecule has 2 heterocycles. The Kier molecular flexibility index (Phi) is 3.05. The summed E-state index contributed by atoms with van der Waals surface area (Å²) in [5, 5.41) is 1.80. The Morgan fingerprint density at radius 1 is 1.47 bits per heavy atom. The molecule has 19 heavy (non-hydrogen) atoms. The summed E-state index contributed by atoms with van der Waals surface area (Å²) in [6, 6.07) is 3.48. The fraction of sp³-hybridized carbons (Fsp3) is 0.692. The number of sulfonamides is 1. The van der Waals surface area contributed by atoms with Crippen molar-refractivity contribution in [3.05, 3.63) is 17.5 Å². The first-order valence-corrected chi connectivity index (χ1v) is 8.82. The van der Waals surface area contributed by atoms with Gasteiger partial charge in [-0.3, -0.25) is 0 Å². The highest BCUT2D eigenvalue weighted by Gasteiger charge is 2.62. The molecule has 4 nitrogen and oxygen atoms in total. The van der Waals surface area contributed by atoms with Crippen molar-refractivity contribution >= 4 is 21.4 Å². The van der Waals surface area contributed by atoms with Crippen molar-refractivity contribution in [1.29, 1.82) is 0 Å². The molecule has 1 aromatic heterocycles. The van der Waals surface area contributed by atoms with E-state index in [2.05, 4.69) is 13.8 Å². The number of nitrogens with zero attached hydrogens (tertiary/aromatic N) is 1. The molecule has 6 heteroatoms. The first kappa shape index (κ1) is 13.5. The second-order valence-corrected chi connectivity index (χ2v) is 9.14. The maximum atomic E-state index is 12.6. The van der Waals surface area contributed by atoms with E-state index in [0.717, 1.165) is 13.0 Å². The first-order chi connectivity index (χ1) is 8.87. The molecule has 0 spiro atoms. The minimum atomic E-state index is -3.37. The molecule has 1 saturated heterocycles. The highest BCUT2D eigenvalue weighted by atomic mass is 32.2. The van der Waals surface area contributed by atoms with Gasteiger partial charge in [-0.25, -0.2) is 8.42 Å². The lowest BCUT2D eigenvalue weighted by molar-refractivity contribution is -0.131. The van der Waals surface area contributed by atoms with Gasteiger partial charge in [0.15, 0.2) is 0 Å². The molecule has 2 fully saturated rings. The van der Waals surface area contributed by atoms with Crippen LogP contribution in [0.5, 0.6) is 0 Å². The van der Waals surface area contributed by atoms with E-state index in [1.165, 1.54) is 11.3 Å². The van der Waals surface area contributed by atoms with Gasteiger partial charge < -0.3 is 4.74 Å². The van der Waals surface area contributed by atoms with Gasteiger partial charge in [-0.15, -0.1) is 11.3 Å². The monoisotopic (exact) mass is 301 g/mol. The van der Waals surface area contributed by atoms with Crippen LogP contribution in [-0.2, 0) is 14.8 Å². The summed E-state index contributed by atoms with van der Waals surface area (Å²) in [5.74, 6) is 0.342. The van der Waals surface area contributed by atoms with E-state index in [-0.39, 0.29) is 17.6 Å². The van der Waals surface area contributed by atoms with Crippen LogP contribution in [0.4, 0.5) is 0 Å². The van der Waals surface area contributed by atoms with Gasteiger partial charge in [-0.1, -0.05) is 19.9 Å². The number of ether oxygens (including phenoxy) is 1. The number of rotatable bonds is 3. The smallest absolute Gasteiger partial charge is 0.252 e. The zero-order chi connectivity index (χ0) is 13.8. The van der Waals surface area contributed by atoms with Gasteiger partial charge in [0.2, 0.25) is 0 Å². The van der Waals surface area contributed by atoms with Crippen molar-refractivity contribution in [3.63, 3.8) is 0 Å². The molecule has 0 radical (unpaired) electrons. The average molecular weight is 301 g/mol. The summed E-state index contributed by atoms with van der Waals surface area (Å²) in [6.45, 7) is 4.96. The Hall–Kier alpha value is -0.430. The Morgan fingerprint density at radius 2 is 2.21 bits per heavy atom. The number of hydrogen-bond acceptors (Lipinski definition) is 4. The van der Waals surface area contributed by atoms with Crippen molar-refractivity contribution in [2.75, 3.05) is 13.7 Å². The molecule has 0 aromatic carbocycles. The van der Waals surface area contributed by atoms with E-state index in [1.807, 2.05) is 0 Å². The fourth-order valence-corrected chi connectivity index (χ4v) is 6.45. The van der Waals surface area contributed by atoms with Crippen molar-refractivity contribution in [2.24, 2.45) is 11.3 Å². The summed E-state index contributed by atoms with van der Waals surface area (Å²) in [5.41, 5.74) is -0.111. The third-order valence-corrected chi connectivity index (χ3v) is 7.77. The standard InChI is InChI=1S/C13H19NO3S2/c1-13(2)11(9-6-7-17-12(9)13)14(3)19(15,16)10-5-4-8-18-10/h4-5,8-9,11-12H,6-7H2,1-3H3/t9-,11-,12-/m1/s1. The Balaban J connectivity index is 1.91. The minimum absolute atomic E-state index is 0.0344. The highest BCUT2D eigenvalue weighted by molar-refractivity contribution is 7.91. The zero-order valence-electron chi connectivity index (χ0n) is 11.4. The van der Waals surface area contributed by atoms with Gasteiger partial charge in [0.1, 0.15) is 4.21 Å². The van der Waals surface area contributed by atoms with Crippen molar-refractivity contribution in [2.45, 2.75) is 36.6 Å². The van der Waals surface area contributed by atoms with Crippen LogP contribution >= 0.6 is 11.3 Å². The number of fused-ring (bicyclic) bond motifs is 1. The van der Waals surface area contributed by atoms with E-state index in [9.17, 15) is 8.42 Å². The summed E-state index contributed by atoms with van der Waals surface area (Å²) in [7, 11) is -1.66. The largest absolute Gasteiger partial charge is 0.377 e. The van der Waals surface area contributed by atoms with Crippen LogP contribution in [0, 0.1) is 11.3 Å². The number of thiophene rings is 1. The molecular weight excluding hydrogens is 282 g/mol. The molecule has 3 atom stereocenters. The molecule has 0 N–H and O–H groups in total. The van der Waals surface area contributed by atoms with Crippen LogP contribution in [0.25, 0.3) is 0 Å². The molecule has 3 rings (SSSR count). The first-order valence-electron chi connectivity index (χ1n) is 6.50. The molecule has 0 unspecified atom stereocenters. The predicted octanol–water partition coefficient (Wildman–Crippen LogP) is 2.18. The molecule has 106 valence electrons. The average Bonchev–Trinajstić information content (AvgIpc) is 2.98.